The van der Waals surface area contributed by atoms with Gasteiger partial charge in [0.2, 0.25) is 0 Å². The summed E-state index contributed by atoms with van der Waals surface area (Å²) in [6.07, 6.45) is 6.69. The summed E-state index contributed by atoms with van der Waals surface area (Å²) in [5, 5.41) is 11.1. The second kappa shape index (κ2) is 17.9. The van der Waals surface area contributed by atoms with Gasteiger partial charge in [-0.25, -0.2) is 14.4 Å². The maximum absolute atomic E-state index is 14.0. The fourth-order valence-corrected chi connectivity index (χ4v) is 8.44. The summed E-state index contributed by atoms with van der Waals surface area (Å²) in [6.45, 7) is 3.09. The van der Waals surface area contributed by atoms with Crippen LogP contribution in [-0.4, -0.2) is 60.0 Å². The van der Waals surface area contributed by atoms with E-state index in [9.17, 15) is 14.0 Å². The Hall–Kier alpha value is -4.19. The Bertz CT molecular complexity index is 2240. The molecule has 2 N–H and O–H groups in total. The topological polar surface area (TPSA) is 90.5 Å². The van der Waals surface area contributed by atoms with Gasteiger partial charge in [0.1, 0.15) is 17.5 Å². The molecule has 8 rings (SSSR count). The Morgan fingerprint density at radius 1 is 0.589 bits per heavy atom. The van der Waals surface area contributed by atoms with Crippen molar-refractivity contribution in [2.45, 2.75) is 37.8 Å². The molecule has 2 aromatic heterocycles. The lowest BCUT2D eigenvalue weighted by Gasteiger charge is -2.33. The molecule has 8 nitrogen and oxygen atoms in total. The number of piperidine rings is 2. The van der Waals surface area contributed by atoms with E-state index in [1.807, 2.05) is 30.5 Å². The smallest absolute Gasteiger partial charge is 0.253 e. The minimum absolute atomic E-state index is 0.0329. The number of fused-ring (bicyclic) bond motifs is 2. The zero-order valence-corrected chi connectivity index (χ0v) is 34.5. The number of pyridine rings is 2. The summed E-state index contributed by atoms with van der Waals surface area (Å²) >= 11 is 27.9. The standard InChI is InChI=1S/C21H18BrCl2N3O.C21H18Cl2FN3O/c22-17-5-1-3-15-14(17)7-10-25-20(15)27-11-8-13(9-12-27)26-21(28)16-4-2-6-18(23)19(16)24;22-17-5-1-4-16(19(17)23)21(28)26-13-8-11-27(12-9-13)20-15-3-2-6-18(24)14(15)7-10-25-20/h2*1-7,10,13H,8-9,11-12H2,(H,26,28). The Balaban J connectivity index is 0.000000172. The number of carbonyl (C=O) groups is 2. The van der Waals surface area contributed by atoms with Crippen LogP contribution < -0.4 is 20.4 Å². The molecule has 6 aromatic rings. The normalized spacial score (nSPS) is 15.0. The number of anilines is 2. The predicted octanol–water partition coefficient (Wildman–Crippen LogP) is 10.8. The molecule has 4 aromatic carbocycles. The summed E-state index contributed by atoms with van der Waals surface area (Å²) in [7, 11) is 0. The molecule has 0 saturated carbocycles. The quantitative estimate of drug-likeness (QED) is 0.173. The predicted molar refractivity (Wildman–Crippen MR) is 229 cm³/mol. The van der Waals surface area contributed by atoms with Gasteiger partial charge in [-0.1, -0.05) is 98.7 Å². The summed E-state index contributed by atoms with van der Waals surface area (Å²) in [6, 6.07) is 25.2. The van der Waals surface area contributed by atoms with E-state index in [-0.39, 0.29) is 34.7 Å². The number of benzene rings is 4. The van der Waals surface area contributed by atoms with Gasteiger partial charge >= 0.3 is 0 Å². The van der Waals surface area contributed by atoms with Crippen molar-refractivity contribution in [3.8, 4) is 0 Å². The third kappa shape index (κ3) is 8.85. The minimum Gasteiger partial charge on any atom is -0.356 e. The van der Waals surface area contributed by atoms with Gasteiger partial charge in [0.15, 0.2) is 0 Å². The molecular weight excluding hydrogens is 861 g/mol. The zero-order valence-electron chi connectivity index (χ0n) is 29.9. The van der Waals surface area contributed by atoms with E-state index in [4.69, 9.17) is 46.4 Å². The number of nitrogens with zero attached hydrogens (tertiary/aromatic N) is 4. The number of carbonyl (C=O) groups excluding carboxylic acids is 2. The molecule has 2 saturated heterocycles. The summed E-state index contributed by atoms with van der Waals surface area (Å²) in [5.41, 5.74) is 0.792. The molecule has 2 fully saturated rings. The van der Waals surface area contributed by atoms with Crippen LogP contribution in [0.15, 0.2) is 102 Å². The highest BCUT2D eigenvalue weighted by Crippen LogP contribution is 2.33. The lowest BCUT2D eigenvalue weighted by molar-refractivity contribution is 0.0922. The van der Waals surface area contributed by atoms with Gasteiger partial charge in [-0.05, 0) is 74.2 Å². The van der Waals surface area contributed by atoms with Crippen LogP contribution in [0, 0.1) is 5.82 Å². The number of rotatable bonds is 6. The van der Waals surface area contributed by atoms with Gasteiger partial charge in [-0.15, -0.1) is 0 Å². The molecule has 2 amide bonds. The Morgan fingerprint density at radius 3 is 1.52 bits per heavy atom. The molecule has 14 heteroatoms. The monoisotopic (exact) mass is 894 g/mol. The first-order valence-corrected chi connectivity index (χ1v) is 20.5. The Kier molecular flexibility index (Phi) is 12.8. The maximum Gasteiger partial charge on any atom is 0.253 e. The van der Waals surface area contributed by atoms with E-state index in [1.54, 1.807) is 54.7 Å². The van der Waals surface area contributed by atoms with Crippen molar-refractivity contribution in [3.63, 3.8) is 0 Å². The summed E-state index contributed by atoms with van der Waals surface area (Å²) in [4.78, 5) is 38.6. The van der Waals surface area contributed by atoms with Crippen LogP contribution in [0.5, 0.6) is 0 Å². The molecule has 56 heavy (non-hydrogen) atoms. The van der Waals surface area contributed by atoms with E-state index in [1.165, 1.54) is 6.07 Å². The average Bonchev–Trinajstić information content (AvgIpc) is 3.21. The van der Waals surface area contributed by atoms with E-state index in [2.05, 4.69) is 52.4 Å². The minimum atomic E-state index is -0.248. The average molecular weight is 898 g/mol. The van der Waals surface area contributed by atoms with Crippen LogP contribution in [0.1, 0.15) is 46.4 Å². The molecule has 0 aliphatic carbocycles. The maximum atomic E-state index is 14.0. The number of amides is 2. The van der Waals surface area contributed by atoms with E-state index < -0.39 is 0 Å². The van der Waals surface area contributed by atoms with Crippen molar-refractivity contribution in [3.05, 3.63) is 139 Å². The van der Waals surface area contributed by atoms with Crippen molar-refractivity contribution in [2.75, 3.05) is 36.0 Å². The molecule has 2 aliphatic heterocycles. The first-order valence-electron chi connectivity index (χ1n) is 18.1. The van der Waals surface area contributed by atoms with Gasteiger partial charge in [0.05, 0.1) is 31.2 Å². The SMILES string of the molecule is O=C(NC1CCN(c2nccc3c(Br)cccc23)CC1)c1cccc(Cl)c1Cl.O=C(NC1CCN(c2nccc3c(F)cccc23)CC1)c1cccc(Cl)c1Cl. The molecule has 0 unspecified atom stereocenters. The van der Waals surface area contributed by atoms with Gasteiger partial charge in [0.25, 0.3) is 11.8 Å². The molecule has 2 aliphatic rings. The summed E-state index contributed by atoms with van der Waals surface area (Å²) in [5.74, 6) is 1.11. The van der Waals surface area contributed by atoms with E-state index in [0.29, 0.717) is 31.6 Å². The number of hydrogen-bond acceptors (Lipinski definition) is 6. The van der Waals surface area contributed by atoms with Crippen molar-refractivity contribution in [1.82, 2.24) is 20.6 Å². The highest BCUT2D eigenvalue weighted by Gasteiger charge is 2.26. The van der Waals surface area contributed by atoms with Crippen molar-refractivity contribution in [2.24, 2.45) is 0 Å². The lowest BCUT2D eigenvalue weighted by Crippen LogP contribution is -2.45. The fourth-order valence-electron chi connectivity index (χ4n) is 7.17. The highest BCUT2D eigenvalue weighted by molar-refractivity contribution is 9.10. The number of hydrogen-bond donors (Lipinski definition) is 2. The highest BCUT2D eigenvalue weighted by atomic mass is 79.9. The first kappa shape index (κ1) is 40.0. The van der Waals surface area contributed by atoms with Gasteiger partial charge in [0, 0.05) is 76.7 Å². The third-order valence-electron chi connectivity index (χ3n) is 10.1. The fraction of sp³-hybridized carbons (Fsp3) is 0.238. The number of nitrogens with one attached hydrogen (secondary N) is 2. The van der Waals surface area contributed by atoms with Crippen LogP contribution in [0.4, 0.5) is 16.0 Å². The molecule has 0 atom stereocenters. The van der Waals surface area contributed by atoms with Crippen molar-refractivity contribution >= 4 is 107 Å². The molecule has 0 radical (unpaired) electrons. The Labute approximate surface area is 352 Å². The molecule has 4 heterocycles. The van der Waals surface area contributed by atoms with Gasteiger partial charge < -0.3 is 20.4 Å². The molecule has 288 valence electrons. The zero-order chi connectivity index (χ0) is 39.3. The van der Waals surface area contributed by atoms with Crippen molar-refractivity contribution < 1.29 is 14.0 Å². The second-order valence-corrected chi connectivity index (χ2v) is 16.0. The molecule has 0 bridgehead atoms. The third-order valence-corrected chi connectivity index (χ3v) is 12.4. The molecular formula is C42H36BrCl4FN6O2. The van der Waals surface area contributed by atoms with Crippen molar-refractivity contribution in [1.29, 1.82) is 0 Å². The first-order chi connectivity index (χ1) is 27.1. The Morgan fingerprint density at radius 2 is 1.02 bits per heavy atom. The molecule has 0 spiro atoms. The van der Waals surface area contributed by atoms with Gasteiger partial charge in [-0.3, -0.25) is 9.59 Å². The largest absolute Gasteiger partial charge is 0.356 e. The van der Waals surface area contributed by atoms with E-state index >= 15 is 0 Å². The van der Waals surface area contributed by atoms with Gasteiger partial charge in [-0.2, -0.15) is 0 Å². The van der Waals surface area contributed by atoms with Crippen LogP contribution in [-0.2, 0) is 0 Å². The van der Waals surface area contributed by atoms with Crippen LogP contribution in [0.3, 0.4) is 0 Å². The number of aromatic nitrogens is 2. The summed E-state index contributed by atoms with van der Waals surface area (Å²) < 4.78 is 15.1. The van der Waals surface area contributed by atoms with Crippen LogP contribution >= 0.6 is 62.3 Å². The van der Waals surface area contributed by atoms with E-state index in [0.717, 1.165) is 84.1 Å². The lowest BCUT2D eigenvalue weighted by atomic mass is 10.0. The number of halogens is 6. The second-order valence-electron chi connectivity index (χ2n) is 13.6. The van der Waals surface area contributed by atoms with Crippen LogP contribution in [0.25, 0.3) is 21.5 Å². The van der Waals surface area contributed by atoms with Crippen LogP contribution in [0.2, 0.25) is 20.1 Å².